The number of carbonyl (C=O) groups excluding carboxylic acids is 1. The highest BCUT2D eigenvalue weighted by atomic mass is 35.5. The molecule has 0 spiro atoms. The summed E-state index contributed by atoms with van der Waals surface area (Å²) in [5.74, 6) is -1.15. The lowest BCUT2D eigenvalue weighted by molar-refractivity contribution is 0.100. The summed E-state index contributed by atoms with van der Waals surface area (Å²) in [7, 11) is -3.66. The molecule has 0 aliphatic carbocycles. The van der Waals surface area contributed by atoms with E-state index in [-0.39, 0.29) is 15.5 Å². The first kappa shape index (κ1) is 17.0. The number of aromatic nitrogens is 1. The molecule has 23 heavy (non-hydrogen) atoms. The molecule has 0 aliphatic heterocycles. The second-order valence-corrected chi connectivity index (χ2v) is 7.28. The van der Waals surface area contributed by atoms with Crippen LogP contribution >= 0.6 is 11.6 Å². The number of sulfone groups is 1. The van der Waals surface area contributed by atoms with Gasteiger partial charge >= 0.3 is 0 Å². The molecule has 1 aromatic carbocycles. The molecule has 9 heteroatoms. The van der Waals surface area contributed by atoms with E-state index in [1.54, 1.807) is 36.0 Å². The molecule has 1 aromatic heterocycles. The Morgan fingerprint density at radius 2 is 1.83 bits per heavy atom. The largest absolute Gasteiger partial charge is 0.370 e. The van der Waals surface area contributed by atoms with Crippen LogP contribution in [-0.4, -0.2) is 31.1 Å². The average molecular weight is 355 g/mol. The van der Waals surface area contributed by atoms with Crippen LogP contribution in [0.4, 0.5) is 0 Å². The van der Waals surface area contributed by atoms with Gasteiger partial charge in [-0.05, 0) is 30.7 Å². The molecular weight excluding hydrogens is 340 g/mol. The van der Waals surface area contributed by atoms with E-state index in [4.69, 9.17) is 23.1 Å². The number of hydrogen-bond acceptors (Lipinski definition) is 3. The molecule has 2 aromatic rings. The van der Waals surface area contributed by atoms with E-state index < -0.39 is 21.7 Å². The summed E-state index contributed by atoms with van der Waals surface area (Å²) in [6, 6.07) is 4.69. The molecule has 0 aliphatic rings. The molecule has 0 fully saturated rings. The summed E-state index contributed by atoms with van der Waals surface area (Å²) in [4.78, 5) is 15.5. The maximum Gasteiger partial charge on any atom is 0.280 e. The minimum Gasteiger partial charge on any atom is -0.370 e. The maximum atomic E-state index is 12.2. The van der Waals surface area contributed by atoms with Gasteiger partial charge in [0.15, 0.2) is 15.8 Å². The van der Waals surface area contributed by atoms with Gasteiger partial charge in [-0.15, -0.1) is 0 Å². The van der Waals surface area contributed by atoms with Crippen LogP contribution < -0.4 is 11.5 Å². The van der Waals surface area contributed by atoms with Crippen molar-refractivity contribution in [3.63, 3.8) is 0 Å². The number of rotatable bonds is 3. The predicted octanol–water partition coefficient (Wildman–Crippen LogP) is 1.26. The number of carbonyl (C=O) groups is 1. The topological polar surface area (TPSA) is 121 Å². The summed E-state index contributed by atoms with van der Waals surface area (Å²) >= 11 is 6.28. The minimum atomic E-state index is -3.66. The van der Waals surface area contributed by atoms with E-state index in [9.17, 15) is 13.2 Å². The standard InChI is InChI=1S/C14H15ClN4O3S/c1-8-9(13(20)18-14(16)17)7-10(23(2,21)22)11(15)12(8)19-5-3-4-6-19/h3-7H,1-2H3,(H4,16,17,18,20). The average Bonchev–Trinajstić information content (AvgIpc) is 2.90. The van der Waals surface area contributed by atoms with Crippen molar-refractivity contribution in [2.75, 3.05) is 6.26 Å². The molecule has 4 N–H and O–H groups in total. The maximum absolute atomic E-state index is 12.2. The van der Waals surface area contributed by atoms with E-state index >= 15 is 0 Å². The first-order valence-corrected chi connectivity index (χ1v) is 8.70. The lowest BCUT2D eigenvalue weighted by Gasteiger charge is -2.16. The highest BCUT2D eigenvalue weighted by Crippen LogP contribution is 2.34. The zero-order valence-electron chi connectivity index (χ0n) is 12.4. The Morgan fingerprint density at radius 1 is 1.26 bits per heavy atom. The van der Waals surface area contributed by atoms with Crippen molar-refractivity contribution in [2.45, 2.75) is 11.8 Å². The van der Waals surface area contributed by atoms with Crippen LogP contribution in [0.5, 0.6) is 0 Å². The molecule has 0 unspecified atom stereocenters. The molecule has 0 radical (unpaired) electrons. The second-order valence-electron chi connectivity index (χ2n) is 4.91. The van der Waals surface area contributed by atoms with Gasteiger partial charge in [0.05, 0.1) is 15.6 Å². The fraction of sp³-hybridized carbons (Fsp3) is 0.143. The molecule has 122 valence electrons. The first-order chi connectivity index (χ1) is 10.6. The Hall–Kier alpha value is -2.32. The van der Waals surface area contributed by atoms with Gasteiger partial charge in [0, 0.05) is 24.2 Å². The zero-order valence-corrected chi connectivity index (χ0v) is 14.0. The zero-order chi connectivity index (χ0) is 17.4. The van der Waals surface area contributed by atoms with Gasteiger partial charge in [-0.25, -0.2) is 8.42 Å². The number of nitrogens with two attached hydrogens (primary N) is 2. The third-order valence-electron chi connectivity index (χ3n) is 3.18. The Bertz CT molecular complexity index is 899. The Balaban J connectivity index is 2.87. The summed E-state index contributed by atoms with van der Waals surface area (Å²) in [6.45, 7) is 1.64. The van der Waals surface area contributed by atoms with Crippen LogP contribution in [0.1, 0.15) is 15.9 Å². The van der Waals surface area contributed by atoms with E-state index in [0.29, 0.717) is 11.3 Å². The highest BCUT2D eigenvalue weighted by molar-refractivity contribution is 7.90. The van der Waals surface area contributed by atoms with Gasteiger partial charge in [0.1, 0.15) is 0 Å². The molecule has 1 heterocycles. The van der Waals surface area contributed by atoms with Gasteiger partial charge < -0.3 is 16.0 Å². The number of benzene rings is 1. The molecule has 0 saturated heterocycles. The number of hydrogen-bond donors (Lipinski definition) is 2. The fourth-order valence-corrected chi connectivity index (χ4v) is 3.64. The molecule has 1 amide bonds. The fourth-order valence-electron chi connectivity index (χ4n) is 2.17. The van der Waals surface area contributed by atoms with Crippen molar-refractivity contribution in [3.05, 3.63) is 46.7 Å². The Morgan fingerprint density at radius 3 is 2.30 bits per heavy atom. The lowest BCUT2D eigenvalue weighted by Crippen LogP contribution is -2.24. The molecule has 0 saturated carbocycles. The quantitative estimate of drug-likeness (QED) is 0.634. The molecule has 7 nitrogen and oxygen atoms in total. The normalized spacial score (nSPS) is 11.3. The van der Waals surface area contributed by atoms with Crippen LogP contribution in [0.25, 0.3) is 5.69 Å². The van der Waals surface area contributed by atoms with E-state index in [0.717, 1.165) is 6.26 Å². The monoisotopic (exact) mass is 354 g/mol. The van der Waals surface area contributed by atoms with Gasteiger partial charge in [0.25, 0.3) is 5.91 Å². The van der Waals surface area contributed by atoms with E-state index in [1.165, 1.54) is 6.07 Å². The van der Waals surface area contributed by atoms with Crippen LogP contribution in [0.15, 0.2) is 40.5 Å². The highest BCUT2D eigenvalue weighted by Gasteiger charge is 2.24. The number of aliphatic imine (C=N–C) groups is 1. The van der Waals surface area contributed by atoms with E-state index in [1.807, 2.05) is 0 Å². The summed E-state index contributed by atoms with van der Waals surface area (Å²) in [5, 5.41) is 0.0300. The van der Waals surface area contributed by atoms with Crippen molar-refractivity contribution >= 4 is 33.3 Å². The summed E-state index contributed by atoms with van der Waals surface area (Å²) < 4.78 is 25.6. The smallest absolute Gasteiger partial charge is 0.280 e. The number of halogens is 1. The van der Waals surface area contributed by atoms with E-state index in [2.05, 4.69) is 4.99 Å². The summed E-state index contributed by atoms with van der Waals surface area (Å²) in [5.41, 5.74) is 11.4. The molecule has 0 bridgehead atoms. The van der Waals surface area contributed by atoms with Crippen LogP contribution in [0, 0.1) is 6.92 Å². The second kappa shape index (κ2) is 6.05. The number of nitrogens with zero attached hydrogens (tertiary/aromatic N) is 2. The third-order valence-corrected chi connectivity index (χ3v) is 4.80. The van der Waals surface area contributed by atoms with Crippen LogP contribution in [0.3, 0.4) is 0 Å². The molecular formula is C14H15ClN4O3S. The van der Waals surface area contributed by atoms with Crippen molar-refractivity contribution < 1.29 is 13.2 Å². The van der Waals surface area contributed by atoms with Crippen molar-refractivity contribution in [3.8, 4) is 5.69 Å². The lowest BCUT2D eigenvalue weighted by atomic mass is 10.1. The number of amides is 1. The predicted molar refractivity (Wildman–Crippen MR) is 88.8 cm³/mol. The van der Waals surface area contributed by atoms with Crippen LogP contribution in [-0.2, 0) is 9.84 Å². The molecule has 2 rings (SSSR count). The van der Waals surface area contributed by atoms with Crippen molar-refractivity contribution in [1.82, 2.24) is 4.57 Å². The SMILES string of the molecule is Cc1c(C(=O)N=C(N)N)cc(S(C)(=O)=O)c(Cl)c1-n1cccc1. The third kappa shape index (κ3) is 3.38. The van der Waals surface area contributed by atoms with Crippen LogP contribution in [0.2, 0.25) is 5.02 Å². The number of guanidine groups is 1. The minimum absolute atomic E-state index is 0.0300. The van der Waals surface area contributed by atoms with Gasteiger partial charge in [-0.3, -0.25) is 4.79 Å². The van der Waals surface area contributed by atoms with Crippen molar-refractivity contribution in [2.24, 2.45) is 16.5 Å². The van der Waals surface area contributed by atoms with Gasteiger partial charge in [0.2, 0.25) is 0 Å². The van der Waals surface area contributed by atoms with Gasteiger partial charge in [-0.1, -0.05) is 11.6 Å². The summed E-state index contributed by atoms with van der Waals surface area (Å²) in [6.07, 6.45) is 4.39. The molecule has 0 atom stereocenters. The van der Waals surface area contributed by atoms with Crippen molar-refractivity contribution in [1.29, 1.82) is 0 Å². The Kier molecular flexibility index (Phi) is 4.49. The Labute approximate surface area is 138 Å². The first-order valence-electron chi connectivity index (χ1n) is 6.43. The van der Waals surface area contributed by atoms with Gasteiger partial charge in [-0.2, -0.15) is 4.99 Å².